The van der Waals surface area contributed by atoms with Crippen LogP contribution in [0.5, 0.6) is 0 Å². The Kier molecular flexibility index (Phi) is 5.18. The van der Waals surface area contributed by atoms with E-state index in [1.54, 1.807) is 12.1 Å². The van der Waals surface area contributed by atoms with Crippen LogP contribution in [0.1, 0.15) is 17.5 Å². The molecule has 4 nitrogen and oxygen atoms in total. The molecule has 6 heteroatoms. The summed E-state index contributed by atoms with van der Waals surface area (Å²) in [5, 5.41) is 2.81. The van der Waals surface area contributed by atoms with Crippen LogP contribution in [0.3, 0.4) is 0 Å². The van der Waals surface area contributed by atoms with Crippen LogP contribution in [-0.2, 0) is 16.1 Å². The van der Waals surface area contributed by atoms with E-state index in [2.05, 4.69) is 21.2 Å². The number of benzene rings is 2. The van der Waals surface area contributed by atoms with Crippen molar-refractivity contribution >= 4 is 33.4 Å². The van der Waals surface area contributed by atoms with Crippen LogP contribution >= 0.6 is 15.9 Å². The first kappa shape index (κ1) is 17.6. The first-order chi connectivity index (χ1) is 12.0. The van der Waals surface area contributed by atoms with Crippen molar-refractivity contribution in [1.29, 1.82) is 0 Å². The Labute approximate surface area is 154 Å². The number of hydrogen-bond donors (Lipinski definition) is 1. The Morgan fingerprint density at radius 2 is 2.12 bits per heavy atom. The van der Waals surface area contributed by atoms with Gasteiger partial charge in [0.2, 0.25) is 11.8 Å². The maximum Gasteiger partial charge on any atom is 0.239 e. The summed E-state index contributed by atoms with van der Waals surface area (Å²) in [6.45, 7) is 2.69. The largest absolute Gasteiger partial charge is 0.351 e. The summed E-state index contributed by atoms with van der Waals surface area (Å²) in [7, 11) is 0. The summed E-state index contributed by atoms with van der Waals surface area (Å²) in [6.07, 6.45) is 0.383. The van der Waals surface area contributed by atoms with E-state index in [9.17, 15) is 14.0 Å². The number of nitrogens with one attached hydrogen (secondary N) is 1. The van der Waals surface area contributed by atoms with Gasteiger partial charge in [-0.1, -0.05) is 45.8 Å². The second-order valence-electron chi connectivity index (χ2n) is 6.13. The molecule has 1 saturated heterocycles. The molecule has 0 bridgehead atoms. The fraction of sp³-hybridized carbons (Fsp3) is 0.263. The van der Waals surface area contributed by atoms with E-state index in [-0.39, 0.29) is 17.5 Å². The van der Waals surface area contributed by atoms with Crippen molar-refractivity contribution in [2.75, 3.05) is 11.4 Å². The van der Waals surface area contributed by atoms with Crippen molar-refractivity contribution < 1.29 is 14.0 Å². The van der Waals surface area contributed by atoms with Crippen molar-refractivity contribution in [2.24, 2.45) is 5.92 Å². The van der Waals surface area contributed by atoms with Gasteiger partial charge in [-0.2, -0.15) is 0 Å². The van der Waals surface area contributed by atoms with Gasteiger partial charge < -0.3 is 10.2 Å². The van der Waals surface area contributed by atoms with E-state index in [0.29, 0.717) is 24.0 Å². The number of anilines is 1. The fourth-order valence-corrected chi connectivity index (χ4v) is 3.33. The van der Waals surface area contributed by atoms with Crippen LogP contribution in [0.2, 0.25) is 0 Å². The smallest absolute Gasteiger partial charge is 0.239 e. The lowest BCUT2D eigenvalue weighted by atomic mass is 10.1. The highest BCUT2D eigenvalue weighted by Gasteiger charge is 2.38. The molecule has 3 rings (SSSR count). The van der Waals surface area contributed by atoms with E-state index in [0.717, 1.165) is 11.1 Å². The third-order valence-electron chi connectivity index (χ3n) is 4.27. The molecular formula is C19H18BrFN2O2. The summed E-state index contributed by atoms with van der Waals surface area (Å²) in [4.78, 5) is 26.3. The standard InChI is InChI=1S/C19H18BrFN2O2/c1-12-3-2-4-13(9-12)11-22-18(24)15-7-8-23(19(15)25)17-6-5-14(20)10-16(17)21/h2-6,9-10,15H,7-8,11H2,1H3,(H,22,24). The topological polar surface area (TPSA) is 49.4 Å². The summed E-state index contributed by atoms with van der Waals surface area (Å²) in [6, 6.07) is 12.4. The van der Waals surface area contributed by atoms with Crippen molar-refractivity contribution in [2.45, 2.75) is 19.9 Å². The average molecular weight is 405 g/mol. The summed E-state index contributed by atoms with van der Waals surface area (Å²) < 4.78 is 14.7. The molecule has 1 N–H and O–H groups in total. The van der Waals surface area contributed by atoms with Gasteiger partial charge in [0, 0.05) is 17.6 Å². The minimum absolute atomic E-state index is 0.210. The molecule has 0 saturated carbocycles. The fourth-order valence-electron chi connectivity index (χ4n) is 3.00. The van der Waals surface area contributed by atoms with Gasteiger partial charge in [0.05, 0.1) is 5.69 Å². The first-order valence-corrected chi connectivity index (χ1v) is 8.84. The maximum atomic E-state index is 14.1. The second-order valence-corrected chi connectivity index (χ2v) is 7.05. The monoisotopic (exact) mass is 404 g/mol. The van der Waals surface area contributed by atoms with Gasteiger partial charge in [0.1, 0.15) is 11.7 Å². The highest BCUT2D eigenvalue weighted by molar-refractivity contribution is 9.10. The van der Waals surface area contributed by atoms with E-state index < -0.39 is 11.7 Å². The van der Waals surface area contributed by atoms with Crippen LogP contribution in [0.25, 0.3) is 0 Å². The number of aryl methyl sites for hydroxylation is 1. The van der Waals surface area contributed by atoms with Crippen LogP contribution in [0.15, 0.2) is 46.9 Å². The van der Waals surface area contributed by atoms with Gasteiger partial charge in [-0.05, 0) is 37.1 Å². The highest BCUT2D eigenvalue weighted by Crippen LogP contribution is 2.29. The van der Waals surface area contributed by atoms with Crippen molar-refractivity contribution in [3.05, 3.63) is 63.9 Å². The predicted octanol–water partition coefficient (Wildman–Crippen LogP) is 3.57. The molecular weight excluding hydrogens is 387 g/mol. The predicted molar refractivity (Wildman–Crippen MR) is 97.6 cm³/mol. The van der Waals surface area contributed by atoms with E-state index in [1.807, 2.05) is 31.2 Å². The third kappa shape index (κ3) is 3.90. The average Bonchev–Trinajstić information content (AvgIpc) is 2.94. The van der Waals surface area contributed by atoms with Crippen molar-refractivity contribution in [1.82, 2.24) is 5.32 Å². The molecule has 2 amide bonds. The van der Waals surface area contributed by atoms with Gasteiger partial charge in [0.25, 0.3) is 0 Å². The van der Waals surface area contributed by atoms with Gasteiger partial charge in [0.15, 0.2) is 0 Å². The van der Waals surface area contributed by atoms with E-state index in [4.69, 9.17) is 0 Å². The maximum absolute atomic E-state index is 14.1. The number of hydrogen-bond acceptors (Lipinski definition) is 2. The number of carbonyl (C=O) groups excluding carboxylic acids is 2. The molecule has 1 unspecified atom stereocenters. The molecule has 0 radical (unpaired) electrons. The summed E-state index contributed by atoms with van der Waals surface area (Å²) >= 11 is 3.20. The van der Waals surface area contributed by atoms with Crippen LogP contribution < -0.4 is 10.2 Å². The Morgan fingerprint density at radius 3 is 2.84 bits per heavy atom. The zero-order chi connectivity index (χ0) is 18.0. The van der Waals surface area contributed by atoms with Gasteiger partial charge in [-0.15, -0.1) is 0 Å². The van der Waals surface area contributed by atoms with Crippen LogP contribution in [0, 0.1) is 18.7 Å². The summed E-state index contributed by atoms with van der Waals surface area (Å²) in [5.74, 6) is -1.93. The molecule has 1 fully saturated rings. The van der Waals surface area contributed by atoms with Gasteiger partial charge >= 0.3 is 0 Å². The third-order valence-corrected chi connectivity index (χ3v) is 4.76. The molecule has 0 aliphatic carbocycles. The molecule has 1 aliphatic rings. The van der Waals surface area contributed by atoms with E-state index in [1.165, 1.54) is 11.0 Å². The normalized spacial score (nSPS) is 17.0. The molecule has 0 aromatic heterocycles. The molecule has 0 spiro atoms. The number of halogens is 2. The summed E-state index contributed by atoms with van der Waals surface area (Å²) in [5.41, 5.74) is 2.30. The van der Waals surface area contributed by atoms with Crippen LogP contribution in [-0.4, -0.2) is 18.4 Å². The quantitative estimate of drug-likeness (QED) is 0.791. The Balaban J connectivity index is 1.66. The molecule has 130 valence electrons. The van der Waals surface area contributed by atoms with Gasteiger partial charge in [-0.3, -0.25) is 9.59 Å². The van der Waals surface area contributed by atoms with Gasteiger partial charge in [-0.25, -0.2) is 4.39 Å². The highest BCUT2D eigenvalue weighted by atomic mass is 79.9. The van der Waals surface area contributed by atoms with E-state index >= 15 is 0 Å². The molecule has 25 heavy (non-hydrogen) atoms. The number of amides is 2. The lowest BCUT2D eigenvalue weighted by Gasteiger charge is -2.17. The SMILES string of the molecule is Cc1cccc(CNC(=O)C2CCN(c3ccc(Br)cc3F)C2=O)c1. The van der Waals surface area contributed by atoms with Crippen LogP contribution in [0.4, 0.5) is 10.1 Å². The number of rotatable bonds is 4. The zero-order valence-electron chi connectivity index (χ0n) is 13.8. The zero-order valence-corrected chi connectivity index (χ0v) is 15.3. The molecule has 2 aromatic rings. The Bertz CT molecular complexity index is 825. The Hall–Kier alpha value is -2.21. The second kappa shape index (κ2) is 7.35. The number of carbonyl (C=O) groups is 2. The minimum Gasteiger partial charge on any atom is -0.351 e. The number of nitrogens with zero attached hydrogens (tertiary/aromatic N) is 1. The molecule has 2 aromatic carbocycles. The molecule has 1 heterocycles. The van der Waals surface area contributed by atoms with Crippen molar-refractivity contribution in [3.63, 3.8) is 0 Å². The first-order valence-electron chi connectivity index (χ1n) is 8.05. The Morgan fingerprint density at radius 1 is 1.32 bits per heavy atom. The molecule has 1 atom stereocenters. The molecule has 1 aliphatic heterocycles. The minimum atomic E-state index is -0.771. The lowest BCUT2D eigenvalue weighted by molar-refractivity contribution is -0.132. The lowest BCUT2D eigenvalue weighted by Crippen LogP contribution is -2.36. The van der Waals surface area contributed by atoms with Crippen molar-refractivity contribution in [3.8, 4) is 0 Å².